The van der Waals surface area contributed by atoms with E-state index in [1.807, 2.05) is 68.7 Å². The lowest BCUT2D eigenvalue weighted by Crippen LogP contribution is -2.51. The van der Waals surface area contributed by atoms with Crippen molar-refractivity contribution in [3.63, 3.8) is 0 Å². The number of aliphatic hydroxyl groups is 1. The number of benzene rings is 3. The van der Waals surface area contributed by atoms with Gasteiger partial charge in [-0.15, -0.1) is 0 Å². The maximum absolute atomic E-state index is 16.9. The van der Waals surface area contributed by atoms with Crippen molar-refractivity contribution in [2.24, 2.45) is 17.6 Å². The van der Waals surface area contributed by atoms with E-state index in [-0.39, 0.29) is 36.8 Å². The van der Waals surface area contributed by atoms with Crippen LogP contribution >= 0.6 is 0 Å². The summed E-state index contributed by atoms with van der Waals surface area (Å²) in [4.78, 5) is 45.5. The number of nitrogens with one attached hydrogen (secondary N) is 3. The van der Waals surface area contributed by atoms with Crippen LogP contribution in [-0.2, 0) is 16.0 Å². The van der Waals surface area contributed by atoms with Gasteiger partial charge in [0, 0.05) is 54.0 Å². The number of hydrogen-bond donors (Lipinski definition) is 5. The molecule has 7 unspecified atom stereocenters. The Labute approximate surface area is 380 Å². The van der Waals surface area contributed by atoms with Crippen LogP contribution in [0, 0.1) is 17.7 Å². The fourth-order valence-corrected chi connectivity index (χ4v) is 10.1. The monoisotopic (exact) mass is 903 g/mol. The zero-order chi connectivity index (χ0) is 46.1. The average molecular weight is 904 g/mol. The molecular weight excluding hydrogens is 849 g/mol. The SMILES string of the molecule is COC(=O)NC(C(=O)N1CCCC1c1ncc(-c2ccc3c(c2)cc2n3C(c3ccc4c(c3)OCC4)Oc3cc(-c4cnc(C5CC(F)CN5C(O)C(N)C(C)C)[nH]4)cc(F)c3-2)[nH]1)C(C)C. The van der Waals surface area contributed by atoms with Crippen molar-refractivity contribution >= 4 is 22.9 Å². The number of methoxy groups -OCH3 is 1. The summed E-state index contributed by atoms with van der Waals surface area (Å²) in [7, 11) is 1.27. The molecule has 10 rings (SSSR count). The minimum Gasteiger partial charge on any atom is -0.493 e. The summed E-state index contributed by atoms with van der Waals surface area (Å²) < 4.78 is 51.4. The first-order valence-electron chi connectivity index (χ1n) is 22.8. The number of carbonyl (C=O) groups is 2. The number of nitrogens with two attached hydrogens (primary N) is 1. The van der Waals surface area contributed by atoms with Crippen LogP contribution in [0.25, 0.3) is 44.7 Å². The number of aromatic nitrogens is 5. The molecular formula is C49H55F2N9O6. The highest BCUT2D eigenvalue weighted by Gasteiger charge is 2.42. The second kappa shape index (κ2) is 17.2. The van der Waals surface area contributed by atoms with Gasteiger partial charge < -0.3 is 49.8 Å². The fourth-order valence-electron chi connectivity index (χ4n) is 10.1. The van der Waals surface area contributed by atoms with Crippen molar-refractivity contribution in [2.45, 2.75) is 96.2 Å². The molecule has 6 aromatic rings. The van der Waals surface area contributed by atoms with E-state index in [4.69, 9.17) is 24.9 Å². The molecule has 15 nitrogen and oxygen atoms in total. The Morgan fingerprint density at radius 1 is 0.955 bits per heavy atom. The number of halogens is 2. The number of likely N-dealkylation sites (tertiary alicyclic amines) is 2. The minimum absolute atomic E-state index is 0.0242. The normalized spacial score (nSPS) is 21.7. The Balaban J connectivity index is 0.991. The van der Waals surface area contributed by atoms with Gasteiger partial charge in [-0.05, 0) is 66.6 Å². The van der Waals surface area contributed by atoms with Crippen molar-refractivity contribution in [1.29, 1.82) is 0 Å². The van der Waals surface area contributed by atoms with Gasteiger partial charge in [-0.1, -0.05) is 45.9 Å². The lowest BCUT2D eigenvalue weighted by Gasteiger charge is -2.33. The molecule has 17 heteroatoms. The molecule has 0 spiro atoms. The predicted molar refractivity (Wildman–Crippen MR) is 243 cm³/mol. The van der Waals surface area contributed by atoms with Crippen LogP contribution < -0.4 is 20.5 Å². The summed E-state index contributed by atoms with van der Waals surface area (Å²) in [5.41, 5.74) is 12.6. The van der Waals surface area contributed by atoms with Crippen molar-refractivity contribution in [1.82, 2.24) is 39.6 Å². The van der Waals surface area contributed by atoms with Gasteiger partial charge in [-0.3, -0.25) is 9.69 Å². The third-order valence-corrected chi connectivity index (χ3v) is 13.7. The minimum atomic E-state index is -1.17. The number of imidazole rings is 2. The number of alkyl carbamates (subject to hydrolysis) is 1. The van der Waals surface area contributed by atoms with Crippen LogP contribution in [0.2, 0.25) is 0 Å². The number of aliphatic hydroxyl groups excluding tert-OH is 1. The van der Waals surface area contributed by atoms with Crippen LogP contribution in [0.5, 0.6) is 11.5 Å². The quantitative estimate of drug-likeness (QED) is 0.0870. The van der Waals surface area contributed by atoms with Crippen molar-refractivity contribution < 1.29 is 37.7 Å². The van der Waals surface area contributed by atoms with Gasteiger partial charge in [0.05, 0.1) is 66.4 Å². The zero-order valence-electron chi connectivity index (χ0n) is 37.6. The molecule has 0 bridgehead atoms. The fraction of sp³-hybridized carbons (Fsp3) is 0.429. The molecule has 2 fully saturated rings. The van der Waals surface area contributed by atoms with Crippen molar-refractivity contribution in [3.05, 3.63) is 95.6 Å². The Hall–Kier alpha value is -6.30. The number of ether oxygens (including phenoxy) is 3. The molecule has 7 atom stereocenters. The molecule has 2 amide bonds. The number of H-pyrrole nitrogens is 2. The van der Waals surface area contributed by atoms with Gasteiger partial charge in [0.1, 0.15) is 47.4 Å². The van der Waals surface area contributed by atoms with Crippen LogP contribution in [0.1, 0.15) is 88.0 Å². The van der Waals surface area contributed by atoms with Crippen molar-refractivity contribution in [2.75, 3.05) is 26.8 Å². The molecule has 66 heavy (non-hydrogen) atoms. The van der Waals surface area contributed by atoms with E-state index in [2.05, 4.69) is 26.3 Å². The maximum Gasteiger partial charge on any atom is 0.407 e. The number of alkyl halides is 1. The van der Waals surface area contributed by atoms with Crippen LogP contribution in [0.15, 0.2) is 67.0 Å². The van der Waals surface area contributed by atoms with Gasteiger partial charge in [0.25, 0.3) is 0 Å². The Morgan fingerprint density at radius 2 is 1.71 bits per heavy atom. The number of nitrogens with zero attached hydrogens (tertiary/aromatic N) is 5. The van der Waals surface area contributed by atoms with Gasteiger partial charge >= 0.3 is 6.09 Å². The first-order chi connectivity index (χ1) is 31.8. The first-order valence-corrected chi connectivity index (χ1v) is 22.8. The van der Waals surface area contributed by atoms with E-state index < -0.39 is 48.7 Å². The molecule has 7 heterocycles. The highest BCUT2D eigenvalue weighted by Crippen LogP contribution is 2.48. The molecule has 2 saturated heterocycles. The van der Waals surface area contributed by atoms with Crippen LogP contribution in [0.4, 0.5) is 13.6 Å². The summed E-state index contributed by atoms with van der Waals surface area (Å²) in [6.07, 6.45) is 2.23. The summed E-state index contributed by atoms with van der Waals surface area (Å²) in [6, 6.07) is 15.1. The second-order valence-electron chi connectivity index (χ2n) is 18.6. The molecule has 0 radical (unpaired) electrons. The molecule has 4 aliphatic rings. The molecule has 6 N–H and O–H groups in total. The molecule has 0 aliphatic carbocycles. The third-order valence-electron chi connectivity index (χ3n) is 13.7. The molecule has 3 aromatic carbocycles. The van der Waals surface area contributed by atoms with E-state index in [1.54, 1.807) is 28.3 Å². The van der Waals surface area contributed by atoms with Gasteiger partial charge in [-0.25, -0.2) is 23.5 Å². The average Bonchev–Trinajstić information content (AvgIpc) is 4.17. The lowest BCUT2D eigenvalue weighted by atomic mass is 10.0. The number of hydrogen-bond acceptors (Lipinski definition) is 10. The van der Waals surface area contributed by atoms with E-state index in [1.165, 1.54) is 13.2 Å². The third kappa shape index (κ3) is 7.65. The molecule has 346 valence electrons. The van der Waals surface area contributed by atoms with Gasteiger partial charge in [0.2, 0.25) is 12.1 Å². The largest absolute Gasteiger partial charge is 0.493 e. The maximum atomic E-state index is 16.9. The zero-order valence-corrected chi connectivity index (χ0v) is 37.6. The van der Waals surface area contributed by atoms with E-state index >= 15 is 4.39 Å². The highest BCUT2D eigenvalue weighted by atomic mass is 19.1. The topological polar surface area (TPSA) is 189 Å². The number of rotatable bonds is 11. The van der Waals surface area contributed by atoms with Gasteiger partial charge in [-0.2, -0.15) is 0 Å². The Bertz CT molecular complexity index is 2820. The van der Waals surface area contributed by atoms with E-state index in [0.717, 1.165) is 51.9 Å². The van der Waals surface area contributed by atoms with Crippen LogP contribution in [0.3, 0.4) is 0 Å². The molecule has 3 aromatic heterocycles. The van der Waals surface area contributed by atoms with E-state index in [0.29, 0.717) is 59.5 Å². The summed E-state index contributed by atoms with van der Waals surface area (Å²) >= 11 is 0. The number of fused-ring (bicyclic) bond motifs is 6. The Morgan fingerprint density at radius 3 is 2.45 bits per heavy atom. The van der Waals surface area contributed by atoms with E-state index in [9.17, 15) is 19.1 Å². The molecule has 0 saturated carbocycles. The Kier molecular flexibility index (Phi) is 11.3. The first kappa shape index (κ1) is 43.6. The molecule has 4 aliphatic heterocycles. The van der Waals surface area contributed by atoms with Gasteiger partial charge in [0.15, 0.2) is 0 Å². The standard InChI is InChI=1S/C49H55F2N9O6/c1-24(2)42(52)46(61)59-23-31(50)20-38(59)45-54-22-34(56-45)29-16-32(51)41-37-17-30-15-27(10-11-35(30)60(37)48(66-40(41)19-29)28-9-8-26-12-14-65-39(26)18-28)33-21-53-44(55-33)36-7-6-13-58(36)47(62)43(25(3)4)57-49(63)64-5/h8-11,15-19,21-22,24-25,31,36,38,42-43,46,48,61H,6-7,12-14,20,23,52H2,1-5H3,(H,53,55)(H,54,56)(H,57,63). The number of aromatic amines is 2. The predicted octanol–water partition coefficient (Wildman–Crippen LogP) is 7.53. The smallest absolute Gasteiger partial charge is 0.407 e. The summed E-state index contributed by atoms with van der Waals surface area (Å²) in [5.74, 6) is 1.36. The number of amides is 2. The summed E-state index contributed by atoms with van der Waals surface area (Å²) in [5, 5.41) is 14.7. The number of carbonyl (C=O) groups excluding carboxylic acids is 2. The second-order valence-corrected chi connectivity index (χ2v) is 18.6. The lowest BCUT2D eigenvalue weighted by molar-refractivity contribution is -0.135. The van der Waals surface area contributed by atoms with Crippen LogP contribution in [-0.4, -0.2) is 103 Å². The van der Waals surface area contributed by atoms with Crippen molar-refractivity contribution in [3.8, 4) is 45.3 Å². The summed E-state index contributed by atoms with van der Waals surface area (Å²) in [6.45, 7) is 8.74. The highest BCUT2D eigenvalue weighted by molar-refractivity contribution is 5.93.